The first-order valence-electron chi connectivity index (χ1n) is 11.4. The van der Waals surface area contributed by atoms with Gasteiger partial charge in [0.1, 0.15) is 16.9 Å². The van der Waals surface area contributed by atoms with Crippen LogP contribution in [0.15, 0.2) is 51.7 Å². The van der Waals surface area contributed by atoms with Gasteiger partial charge in [-0.1, -0.05) is 25.5 Å². The molecule has 0 bridgehead atoms. The highest BCUT2D eigenvalue weighted by Crippen LogP contribution is 2.29. The molecule has 174 valence electrons. The van der Waals surface area contributed by atoms with Gasteiger partial charge in [0.25, 0.3) is 5.91 Å². The maximum Gasteiger partial charge on any atom is 0.349 e. The number of amides is 1. The number of fused-ring (bicyclic) bond motifs is 1. The number of methoxy groups -OCH3 is 1. The van der Waals surface area contributed by atoms with Crippen molar-refractivity contribution in [1.29, 1.82) is 0 Å². The molecule has 0 unspecified atom stereocenters. The van der Waals surface area contributed by atoms with E-state index in [0.29, 0.717) is 22.4 Å². The van der Waals surface area contributed by atoms with Gasteiger partial charge in [0.05, 0.1) is 20.3 Å². The van der Waals surface area contributed by atoms with Crippen LogP contribution in [-0.4, -0.2) is 44.2 Å². The molecule has 1 aromatic heterocycles. The Morgan fingerprint density at radius 2 is 1.88 bits per heavy atom. The fraction of sp³-hybridized carbons (Fsp3) is 0.385. The monoisotopic (exact) mass is 450 g/mol. The Balaban J connectivity index is 1.51. The van der Waals surface area contributed by atoms with Gasteiger partial charge in [-0.2, -0.15) is 0 Å². The number of benzene rings is 2. The Kier molecular flexibility index (Phi) is 7.42. The van der Waals surface area contributed by atoms with Crippen molar-refractivity contribution in [2.45, 2.75) is 32.7 Å². The number of rotatable bonds is 8. The molecule has 0 saturated carbocycles. The highest BCUT2D eigenvalue weighted by atomic mass is 16.5. The summed E-state index contributed by atoms with van der Waals surface area (Å²) in [6.07, 6.45) is 2.70. The van der Waals surface area contributed by atoms with Crippen molar-refractivity contribution in [3.8, 4) is 5.75 Å². The molecule has 1 saturated heterocycles. The minimum atomic E-state index is -0.657. The normalized spacial score (nSPS) is 14.4. The van der Waals surface area contributed by atoms with E-state index < -0.39 is 11.5 Å². The summed E-state index contributed by atoms with van der Waals surface area (Å²) in [7, 11) is 1.60. The van der Waals surface area contributed by atoms with Crippen LogP contribution in [0.3, 0.4) is 0 Å². The molecule has 0 radical (unpaired) electrons. The molecule has 4 rings (SSSR count). The van der Waals surface area contributed by atoms with Gasteiger partial charge < -0.3 is 19.2 Å². The second-order valence-corrected chi connectivity index (χ2v) is 8.26. The standard InChI is InChI=1S/C26H30N2O5/c1-3-4-5-21-23(31-2)11-8-19-16-22(26(30)33-24(19)21)25(29)27-20-9-6-18(7-10-20)17-28-12-14-32-15-13-28/h6-11,16H,3-5,12-15,17H2,1-2H3,(H,27,29). The van der Waals surface area contributed by atoms with E-state index in [2.05, 4.69) is 17.1 Å². The fourth-order valence-corrected chi connectivity index (χ4v) is 4.07. The Morgan fingerprint density at radius 3 is 2.58 bits per heavy atom. The molecule has 0 spiro atoms. The zero-order chi connectivity index (χ0) is 23.2. The van der Waals surface area contributed by atoms with Crippen molar-refractivity contribution in [2.75, 3.05) is 38.7 Å². The molecule has 2 aromatic carbocycles. The van der Waals surface area contributed by atoms with E-state index >= 15 is 0 Å². The van der Waals surface area contributed by atoms with Gasteiger partial charge in [0, 0.05) is 36.3 Å². The number of aryl methyl sites for hydroxylation is 1. The first kappa shape index (κ1) is 23.0. The SMILES string of the molecule is CCCCc1c(OC)ccc2cc(C(=O)Nc3ccc(CN4CCOCC4)cc3)c(=O)oc12. The summed E-state index contributed by atoms with van der Waals surface area (Å²) in [5.74, 6) is 0.200. The van der Waals surface area contributed by atoms with Crippen molar-refractivity contribution in [1.82, 2.24) is 4.90 Å². The zero-order valence-electron chi connectivity index (χ0n) is 19.2. The zero-order valence-corrected chi connectivity index (χ0v) is 19.2. The van der Waals surface area contributed by atoms with Gasteiger partial charge >= 0.3 is 5.63 Å². The Morgan fingerprint density at radius 1 is 1.12 bits per heavy atom. The lowest BCUT2D eigenvalue weighted by Gasteiger charge is -2.26. The molecular formula is C26H30N2O5. The molecule has 1 aliphatic rings. The predicted molar refractivity (Wildman–Crippen MR) is 128 cm³/mol. The highest BCUT2D eigenvalue weighted by Gasteiger charge is 2.18. The number of anilines is 1. The molecule has 1 N–H and O–H groups in total. The number of hydrogen-bond acceptors (Lipinski definition) is 6. The van der Waals surface area contributed by atoms with E-state index in [1.54, 1.807) is 13.2 Å². The lowest BCUT2D eigenvalue weighted by molar-refractivity contribution is 0.0342. The molecule has 0 atom stereocenters. The summed E-state index contributed by atoms with van der Waals surface area (Å²) in [5.41, 5.74) is 2.45. The van der Waals surface area contributed by atoms with Crippen LogP contribution in [0.4, 0.5) is 5.69 Å². The largest absolute Gasteiger partial charge is 0.496 e. The van der Waals surface area contributed by atoms with Crippen LogP contribution in [0.1, 0.15) is 41.3 Å². The van der Waals surface area contributed by atoms with Gasteiger partial charge in [0.2, 0.25) is 0 Å². The van der Waals surface area contributed by atoms with Crippen molar-refractivity contribution < 1.29 is 18.7 Å². The summed E-state index contributed by atoms with van der Waals surface area (Å²) in [6.45, 7) is 6.30. The quantitative estimate of drug-likeness (QED) is 0.518. The molecule has 1 amide bonds. The maximum absolute atomic E-state index is 12.8. The average Bonchev–Trinajstić information content (AvgIpc) is 2.84. The van der Waals surface area contributed by atoms with E-state index in [-0.39, 0.29) is 5.56 Å². The topological polar surface area (TPSA) is 81.0 Å². The number of carbonyl (C=O) groups excluding carboxylic acids is 1. The van der Waals surface area contributed by atoms with Crippen molar-refractivity contribution in [3.05, 3.63) is 69.6 Å². The number of carbonyl (C=O) groups is 1. The number of unbranched alkanes of at least 4 members (excludes halogenated alkanes) is 1. The van der Waals surface area contributed by atoms with Gasteiger partial charge in [-0.25, -0.2) is 4.79 Å². The minimum Gasteiger partial charge on any atom is -0.496 e. The van der Waals surface area contributed by atoms with Crippen LogP contribution in [0.2, 0.25) is 0 Å². The van der Waals surface area contributed by atoms with E-state index in [0.717, 1.165) is 63.2 Å². The van der Waals surface area contributed by atoms with Gasteiger partial charge in [0.15, 0.2) is 0 Å². The predicted octanol–water partition coefficient (Wildman–Crippen LogP) is 4.23. The van der Waals surface area contributed by atoms with Crippen LogP contribution in [-0.2, 0) is 17.7 Å². The van der Waals surface area contributed by atoms with Gasteiger partial charge in [-0.05, 0) is 48.7 Å². The lowest BCUT2D eigenvalue weighted by Crippen LogP contribution is -2.35. The summed E-state index contributed by atoms with van der Waals surface area (Å²) in [4.78, 5) is 27.9. The van der Waals surface area contributed by atoms with E-state index in [1.165, 1.54) is 0 Å². The summed E-state index contributed by atoms with van der Waals surface area (Å²) in [5, 5.41) is 3.51. The highest BCUT2D eigenvalue weighted by molar-refractivity contribution is 6.05. The molecule has 7 heteroatoms. The van der Waals surface area contributed by atoms with Crippen molar-refractivity contribution >= 4 is 22.6 Å². The van der Waals surface area contributed by atoms with Crippen molar-refractivity contribution in [2.24, 2.45) is 0 Å². The molecule has 7 nitrogen and oxygen atoms in total. The number of nitrogens with one attached hydrogen (secondary N) is 1. The Bertz CT molecular complexity index is 1160. The average molecular weight is 451 g/mol. The van der Waals surface area contributed by atoms with E-state index in [1.807, 2.05) is 36.4 Å². The minimum absolute atomic E-state index is 0.0218. The summed E-state index contributed by atoms with van der Waals surface area (Å²) >= 11 is 0. The molecule has 0 aliphatic carbocycles. The van der Waals surface area contributed by atoms with Crippen LogP contribution in [0, 0.1) is 0 Å². The molecule has 1 aliphatic heterocycles. The Hall–Kier alpha value is -3.16. The summed E-state index contributed by atoms with van der Waals surface area (Å²) in [6, 6.07) is 12.9. The maximum atomic E-state index is 12.8. The van der Waals surface area contributed by atoms with Crippen molar-refractivity contribution in [3.63, 3.8) is 0 Å². The molecular weight excluding hydrogens is 420 g/mol. The molecule has 33 heavy (non-hydrogen) atoms. The van der Waals surface area contributed by atoms with Gasteiger partial charge in [-0.3, -0.25) is 9.69 Å². The van der Waals surface area contributed by atoms with E-state index in [4.69, 9.17) is 13.9 Å². The third kappa shape index (κ3) is 5.43. The summed E-state index contributed by atoms with van der Waals surface area (Å²) < 4.78 is 16.5. The fourth-order valence-electron chi connectivity index (χ4n) is 4.07. The molecule has 3 aromatic rings. The van der Waals surface area contributed by atoms with Crippen LogP contribution in [0.5, 0.6) is 5.75 Å². The number of ether oxygens (including phenoxy) is 2. The van der Waals surface area contributed by atoms with E-state index in [9.17, 15) is 9.59 Å². The number of hydrogen-bond donors (Lipinski definition) is 1. The van der Waals surface area contributed by atoms with Crippen LogP contribution < -0.4 is 15.7 Å². The lowest BCUT2D eigenvalue weighted by atomic mass is 10.0. The number of nitrogens with zero attached hydrogens (tertiary/aromatic N) is 1. The first-order chi connectivity index (χ1) is 16.1. The second kappa shape index (κ2) is 10.6. The third-order valence-corrected chi connectivity index (χ3v) is 5.93. The number of morpholine rings is 1. The third-order valence-electron chi connectivity index (χ3n) is 5.93. The molecule has 1 fully saturated rings. The van der Waals surface area contributed by atoms with Gasteiger partial charge in [-0.15, -0.1) is 0 Å². The Labute approximate surface area is 193 Å². The molecule has 2 heterocycles. The second-order valence-electron chi connectivity index (χ2n) is 8.26. The first-order valence-corrected chi connectivity index (χ1v) is 11.4. The van der Waals surface area contributed by atoms with Crippen LogP contribution >= 0.6 is 0 Å². The smallest absolute Gasteiger partial charge is 0.349 e. The van der Waals surface area contributed by atoms with Crippen LogP contribution in [0.25, 0.3) is 11.0 Å².